The zero-order valence-corrected chi connectivity index (χ0v) is 23.2. The van der Waals surface area contributed by atoms with Crippen LogP contribution in [0.3, 0.4) is 0 Å². The van der Waals surface area contributed by atoms with E-state index in [1.807, 2.05) is 0 Å². The highest BCUT2D eigenvalue weighted by atomic mass is 79.9. The molecule has 0 aromatic rings. The predicted octanol–water partition coefficient (Wildman–Crippen LogP) is 9.58. The first-order chi connectivity index (χ1) is 15.2. The number of allylic oxidation sites excluding steroid dienone is 10. The normalized spacial score (nSPS) is 13.3. The zero-order chi connectivity index (χ0) is 24.2. The number of carbonyl (C=O) groups is 1. The van der Waals surface area contributed by atoms with Gasteiger partial charge in [-0.25, -0.2) is 0 Å². The van der Waals surface area contributed by atoms with Gasteiger partial charge in [0.15, 0.2) is 0 Å². The minimum Gasteiger partial charge on any atom is -0.465 e. The fraction of sp³-hybridized carbons (Fsp3) is 0.621. The van der Waals surface area contributed by atoms with Crippen LogP contribution in [0.2, 0.25) is 0 Å². The Morgan fingerprint density at radius 3 is 1.47 bits per heavy atom. The van der Waals surface area contributed by atoms with Crippen LogP contribution in [0, 0.1) is 0 Å². The molecule has 182 valence electrons. The van der Waals surface area contributed by atoms with Crippen LogP contribution in [0.1, 0.15) is 106 Å². The van der Waals surface area contributed by atoms with Crippen LogP contribution in [0.4, 0.5) is 0 Å². The molecule has 0 unspecified atom stereocenters. The van der Waals surface area contributed by atoms with Crippen molar-refractivity contribution < 1.29 is 9.53 Å². The van der Waals surface area contributed by atoms with E-state index < -0.39 is 0 Å². The molecule has 0 bridgehead atoms. The Morgan fingerprint density at radius 1 is 0.625 bits per heavy atom. The summed E-state index contributed by atoms with van der Waals surface area (Å²) in [7, 11) is 0. The van der Waals surface area contributed by atoms with Gasteiger partial charge in [0, 0.05) is 0 Å². The molecule has 0 aromatic heterocycles. The Bertz CT molecular complexity index is 673. The molecule has 0 spiro atoms. The highest BCUT2D eigenvalue weighted by Gasteiger charge is 1.99. The monoisotopic (exact) mass is 506 g/mol. The fourth-order valence-corrected chi connectivity index (χ4v) is 3.49. The molecule has 0 aromatic carbocycles. The predicted molar refractivity (Wildman–Crippen MR) is 145 cm³/mol. The van der Waals surface area contributed by atoms with Crippen molar-refractivity contribution in [3.8, 4) is 0 Å². The quantitative estimate of drug-likeness (QED) is 0.0848. The highest BCUT2D eigenvalue weighted by Crippen LogP contribution is 2.14. The second kappa shape index (κ2) is 20.3. The SMILES string of the molecule is CC(C)=CCCC(C)=CCCC(C)=CCCC=C(C)CCC=C(C)CCCOC(=O)CBr. The van der Waals surface area contributed by atoms with E-state index in [0.29, 0.717) is 6.61 Å². The van der Waals surface area contributed by atoms with Crippen molar-refractivity contribution in [1.29, 1.82) is 0 Å². The Balaban J connectivity index is 4.00. The van der Waals surface area contributed by atoms with E-state index in [2.05, 4.69) is 87.9 Å². The third-order valence-corrected chi connectivity index (χ3v) is 5.85. The molecular formula is C29H47BrO2. The second-order valence-electron chi connectivity index (χ2n) is 9.13. The van der Waals surface area contributed by atoms with Crippen molar-refractivity contribution in [1.82, 2.24) is 0 Å². The number of rotatable bonds is 17. The minimum atomic E-state index is -0.185. The van der Waals surface area contributed by atoms with E-state index >= 15 is 0 Å². The maximum atomic E-state index is 11.1. The van der Waals surface area contributed by atoms with Gasteiger partial charge in [0.05, 0.1) is 6.61 Å². The number of esters is 1. The van der Waals surface area contributed by atoms with Gasteiger partial charge in [-0.2, -0.15) is 0 Å². The van der Waals surface area contributed by atoms with Crippen molar-refractivity contribution in [2.75, 3.05) is 11.9 Å². The highest BCUT2D eigenvalue weighted by molar-refractivity contribution is 9.09. The Labute approximate surface area is 207 Å². The molecule has 0 amide bonds. The summed E-state index contributed by atoms with van der Waals surface area (Å²) in [5.74, 6) is -0.185. The van der Waals surface area contributed by atoms with Crippen LogP contribution in [0.25, 0.3) is 0 Å². The van der Waals surface area contributed by atoms with E-state index in [1.54, 1.807) is 0 Å². The first-order valence-corrected chi connectivity index (χ1v) is 13.3. The number of carbonyl (C=O) groups excluding carboxylic acids is 1. The molecule has 32 heavy (non-hydrogen) atoms. The number of hydrogen-bond donors (Lipinski definition) is 0. The molecule has 0 radical (unpaired) electrons. The Morgan fingerprint density at radius 2 is 1.03 bits per heavy atom. The summed E-state index contributed by atoms with van der Waals surface area (Å²) in [6.45, 7) is 13.8. The van der Waals surface area contributed by atoms with Gasteiger partial charge in [-0.3, -0.25) is 4.79 Å². The maximum absolute atomic E-state index is 11.1. The van der Waals surface area contributed by atoms with E-state index in [0.717, 1.165) is 51.4 Å². The van der Waals surface area contributed by atoms with Crippen LogP contribution in [-0.2, 0) is 9.53 Å². The summed E-state index contributed by atoms with van der Waals surface area (Å²) >= 11 is 3.10. The maximum Gasteiger partial charge on any atom is 0.316 e. The molecule has 0 saturated heterocycles. The summed E-state index contributed by atoms with van der Waals surface area (Å²) in [5, 5.41) is 0.275. The van der Waals surface area contributed by atoms with Gasteiger partial charge in [0.1, 0.15) is 5.33 Å². The third-order valence-electron chi connectivity index (χ3n) is 5.39. The van der Waals surface area contributed by atoms with Crippen LogP contribution in [0.15, 0.2) is 58.2 Å². The van der Waals surface area contributed by atoms with Crippen LogP contribution < -0.4 is 0 Å². The second-order valence-corrected chi connectivity index (χ2v) is 9.70. The smallest absolute Gasteiger partial charge is 0.316 e. The van der Waals surface area contributed by atoms with Crippen LogP contribution >= 0.6 is 15.9 Å². The molecule has 2 nitrogen and oxygen atoms in total. The summed E-state index contributed by atoms with van der Waals surface area (Å²) in [6, 6.07) is 0. The molecule has 0 aliphatic heterocycles. The van der Waals surface area contributed by atoms with Crippen molar-refractivity contribution in [3.05, 3.63) is 58.2 Å². The average molecular weight is 508 g/mol. The Hall–Kier alpha value is -1.35. The number of ether oxygens (including phenoxy) is 1. The average Bonchev–Trinajstić information content (AvgIpc) is 2.73. The zero-order valence-electron chi connectivity index (χ0n) is 21.6. The fourth-order valence-electron chi connectivity index (χ4n) is 3.32. The van der Waals surface area contributed by atoms with Gasteiger partial charge >= 0.3 is 5.97 Å². The van der Waals surface area contributed by atoms with Gasteiger partial charge < -0.3 is 4.74 Å². The number of hydrogen-bond acceptors (Lipinski definition) is 2. The molecule has 0 fully saturated rings. The minimum absolute atomic E-state index is 0.185. The standard InChI is InChI=1S/C29H47BrO2/c1-24(2)13-9-16-27(5)19-10-17-25(3)14-7-8-15-26(4)18-11-20-28(6)21-12-22-32-29(31)23-30/h13-15,19-20H,7-12,16-18,21-23H2,1-6H3. The lowest BCUT2D eigenvalue weighted by Gasteiger charge is -2.04. The summed E-state index contributed by atoms with van der Waals surface area (Å²) in [5.41, 5.74) is 7.28. The lowest BCUT2D eigenvalue weighted by molar-refractivity contribution is -0.140. The summed E-state index contributed by atoms with van der Waals surface area (Å²) < 4.78 is 5.08. The molecule has 0 rings (SSSR count). The summed E-state index contributed by atoms with van der Waals surface area (Å²) in [4.78, 5) is 11.1. The molecule has 3 heteroatoms. The van der Waals surface area contributed by atoms with Gasteiger partial charge in [-0.05, 0) is 106 Å². The van der Waals surface area contributed by atoms with Crippen molar-refractivity contribution in [2.45, 2.75) is 106 Å². The lowest BCUT2D eigenvalue weighted by atomic mass is 10.0. The molecule has 0 N–H and O–H groups in total. The largest absolute Gasteiger partial charge is 0.465 e. The van der Waals surface area contributed by atoms with E-state index in [-0.39, 0.29) is 11.3 Å². The molecule has 0 aliphatic rings. The lowest BCUT2D eigenvalue weighted by Crippen LogP contribution is -2.06. The topological polar surface area (TPSA) is 26.3 Å². The van der Waals surface area contributed by atoms with Crippen LogP contribution in [-0.4, -0.2) is 17.9 Å². The number of unbranched alkanes of at least 4 members (excludes halogenated alkanes) is 1. The first kappa shape index (κ1) is 30.6. The summed E-state index contributed by atoms with van der Waals surface area (Å²) in [6.07, 6.45) is 22.9. The van der Waals surface area contributed by atoms with E-state index in [9.17, 15) is 4.79 Å². The number of alkyl halides is 1. The van der Waals surface area contributed by atoms with E-state index in [4.69, 9.17) is 4.74 Å². The molecular weight excluding hydrogens is 460 g/mol. The van der Waals surface area contributed by atoms with Gasteiger partial charge in [0.25, 0.3) is 0 Å². The first-order valence-electron chi connectivity index (χ1n) is 12.2. The van der Waals surface area contributed by atoms with Crippen LogP contribution in [0.5, 0.6) is 0 Å². The number of halogens is 1. The van der Waals surface area contributed by atoms with E-state index in [1.165, 1.54) is 40.7 Å². The van der Waals surface area contributed by atoms with Crippen molar-refractivity contribution in [2.24, 2.45) is 0 Å². The third kappa shape index (κ3) is 20.5. The Kier molecular flexibility index (Phi) is 19.4. The van der Waals surface area contributed by atoms with Crippen molar-refractivity contribution in [3.63, 3.8) is 0 Å². The molecule has 0 atom stereocenters. The van der Waals surface area contributed by atoms with Crippen molar-refractivity contribution >= 4 is 21.9 Å². The van der Waals surface area contributed by atoms with Gasteiger partial charge in [0.2, 0.25) is 0 Å². The van der Waals surface area contributed by atoms with Gasteiger partial charge in [-0.15, -0.1) is 0 Å². The molecule has 0 saturated carbocycles. The molecule has 0 aliphatic carbocycles. The molecule has 0 heterocycles. The van der Waals surface area contributed by atoms with Gasteiger partial charge in [-0.1, -0.05) is 74.2 Å².